The summed E-state index contributed by atoms with van der Waals surface area (Å²) in [6.07, 6.45) is 95.4. The monoisotopic (exact) mass is 1020 g/mol. The predicted molar refractivity (Wildman–Crippen MR) is 324 cm³/mol. The highest BCUT2D eigenvalue weighted by molar-refractivity contribution is 5.70. The highest BCUT2D eigenvalue weighted by atomic mass is 16.6. The van der Waals surface area contributed by atoms with Gasteiger partial charge in [0.2, 0.25) is 0 Å². The fourth-order valence-corrected chi connectivity index (χ4v) is 8.15. The molecular formula is C69H112O5. The van der Waals surface area contributed by atoms with Crippen LogP contribution in [0.1, 0.15) is 258 Å². The van der Waals surface area contributed by atoms with Crippen molar-refractivity contribution in [3.8, 4) is 0 Å². The third kappa shape index (κ3) is 60.3. The summed E-state index contributed by atoms with van der Waals surface area (Å²) in [4.78, 5) is 24.6. The van der Waals surface area contributed by atoms with Gasteiger partial charge in [0.15, 0.2) is 6.10 Å². The second-order valence-electron chi connectivity index (χ2n) is 19.7. The molecule has 0 aliphatic carbocycles. The van der Waals surface area contributed by atoms with Crippen molar-refractivity contribution >= 4 is 11.9 Å². The van der Waals surface area contributed by atoms with Crippen molar-refractivity contribution in [3.63, 3.8) is 0 Å². The first kappa shape index (κ1) is 69.8. The molecule has 418 valence electrons. The number of unbranched alkanes of at least 4 members (excludes halogenated alkanes) is 22. The Morgan fingerprint density at radius 2 is 0.541 bits per heavy atom. The summed E-state index contributed by atoms with van der Waals surface area (Å²) in [6.45, 7) is 3.91. The highest BCUT2D eigenvalue weighted by Gasteiger charge is 2.16. The lowest BCUT2D eigenvalue weighted by atomic mass is 10.0. The molecule has 0 amide bonds. The Morgan fingerprint density at radius 1 is 0.311 bits per heavy atom. The second-order valence-corrected chi connectivity index (χ2v) is 19.7. The number of aliphatic hydroxyl groups excluding tert-OH is 1. The van der Waals surface area contributed by atoms with Gasteiger partial charge in [-0.3, -0.25) is 9.59 Å². The van der Waals surface area contributed by atoms with E-state index in [0.29, 0.717) is 12.8 Å². The maximum Gasteiger partial charge on any atom is 0.306 e. The molecule has 1 atom stereocenters. The average Bonchev–Trinajstić information content (AvgIpc) is 3.40. The van der Waals surface area contributed by atoms with E-state index in [9.17, 15) is 14.7 Å². The molecule has 0 radical (unpaired) electrons. The van der Waals surface area contributed by atoms with E-state index in [1.807, 2.05) is 0 Å². The van der Waals surface area contributed by atoms with E-state index in [4.69, 9.17) is 9.47 Å². The molecule has 0 saturated heterocycles. The molecule has 0 aromatic heterocycles. The van der Waals surface area contributed by atoms with Crippen molar-refractivity contribution in [1.82, 2.24) is 0 Å². The lowest BCUT2D eigenvalue weighted by Crippen LogP contribution is -2.28. The van der Waals surface area contributed by atoms with Crippen LogP contribution in [-0.4, -0.2) is 36.4 Å². The molecule has 1 unspecified atom stereocenters. The minimum atomic E-state index is -0.785. The van der Waals surface area contributed by atoms with Crippen molar-refractivity contribution in [2.75, 3.05) is 13.2 Å². The van der Waals surface area contributed by atoms with Crippen LogP contribution in [0.2, 0.25) is 0 Å². The van der Waals surface area contributed by atoms with Crippen molar-refractivity contribution in [2.24, 2.45) is 0 Å². The number of carbonyl (C=O) groups is 2. The number of allylic oxidation sites excluding steroid dienone is 24. The standard InChI is InChI=1S/C69H112O5/c1-3-5-7-9-11-13-15-17-19-21-23-25-27-28-29-30-31-32-33-34-35-36-37-38-39-40-42-44-46-48-50-52-54-56-58-60-62-64-69(72)74-67(65-70)66-73-68(71)63-61-59-57-55-53-51-49-47-45-43-41-26-24-22-20-18-16-14-12-10-8-6-4-2/h5-8,11-14,17-20,23-26,28-29,31-32,34-35,37-38,67,70H,3-4,9-10,15-16,21-22,27,30,33,36,39-66H2,1-2H3/b7-5-,8-6-,13-11-,14-12-,19-17-,20-18-,25-23-,26-24-,29-28-,32-31-,35-34-,38-37-. The number of hydrogen-bond donors (Lipinski definition) is 1. The Kier molecular flexibility index (Phi) is 59.5. The van der Waals surface area contributed by atoms with Crippen molar-refractivity contribution in [1.29, 1.82) is 0 Å². The normalized spacial score (nSPS) is 13.3. The number of aliphatic hydroxyl groups is 1. The molecule has 1 N–H and O–H groups in total. The zero-order valence-corrected chi connectivity index (χ0v) is 47.8. The molecule has 0 saturated carbocycles. The van der Waals surface area contributed by atoms with Gasteiger partial charge >= 0.3 is 11.9 Å². The van der Waals surface area contributed by atoms with E-state index in [-0.39, 0.29) is 25.2 Å². The van der Waals surface area contributed by atoms with E-state index < -0.39 is 6.10 Å². The molecule has 0 aromatic rings. The predicted octanol–water partition coefficient (Wildman–Crippen LogP) is 21.0. The second kappa shape index (κ2) is 63.1. The molecule has 0 aliphatic rings. The lowest BCUT2D eigenvalue weighted by Gasteiger charge is -2.15. The lowest BCUT2D eigenvalue weighted by molar-refractivity contribution is -0.161. The summed E-state index contributed by atoms with van der Waals surface area (Å²) in [6, 6.07) is 0. The minimum absolute atomic E-state index is 0.0758. The van der Waals surface area contributed by atoms with Gasteiger partial charge in [-0.05, 0) is 116 Å². The Morgan fingerprint density at radius 3 is 0.811 bits per heavy atom. The van der Waals surface area contributed by atoms with Gasteiger partial charge in [-0.15, -0.1) is 0 Å². The quantitative estimate of drug-likeness (QED) is 0.0373. The minimum Gasteiger partial charge on any atom is -0.462 e. The van der Waals surface area contributed by atoms with Gasteiger partial charge in [-0.25, -0.2) is 0 Å². The third-order valence-electron chi connectivity index (χ3n) is 12.6. The summed E-state index contributed by atoms with van der Waals surface area (Å²) in [5.74, 6) is -0.602. The van der Waals surface area contributed by atoms with Crippen LogP contribution in [0.25, 0.3) is 0 Å². The van der Waals surface area contributed by atoms with Gasteiger partial charge in [0, 0.05) is 12.8 Å². The van der Waals surface area contributed by atoms with Crippen LogP contribution in [-0.2, 0) is 19.1 Å². The molecule has 0 fully saturated rings. The molecule has 74 heavy (non-hydrogen) atoms. The van der Waals surface area contributed by atoms with Crippen LogP contribution in [0.4, 0.5) is 0 Å². The summed E-state index contributed by atoms with van der Waals surface area (Å²) >= 11 is 0. The maximum absolute atomic E-state index is 12.3. The van der Waals surface area contributed by atoms with Crippen LogP contribution >= 0.6 is 0 Å². The van der Waals surface area contributed by atoms with E-state index in [1.165, 1.54) is 116 Å². The van der Waals surface area contributed by atoms with E-state index in [2.05, 4.69) is 160 Å². The summed E-state index contributed by atoms with van der Waals surface area (Å²) in [7, 11) is 0. The summed E-state index contributed by atoms with van der Waals surface area (Å²) in [5, 5.41) is 9.67. The molecule has 0 aromatic carbocycles. The van der Waals surface area contributed by atoms with Crippen molar-refractivity contribution in [3.05, 3.63) is 146 Å². The van der Waals surface area contributed by atoms with Crippen molar-refractivity contribution in [2.45, 2.75) is 264 Å². The molecule has 5 nitrogen and oxygen atoms in total. The Balaban J connectivity index is 3.55. The number of esters is 2. The third-order valence-corrected chi connectivity index (χ3v) is 12.6. The van der Waals surface area contributed by atoms with Gasteiger partial charge in [0.1, 0.15) is 6.61 Å². The first-order valence-electron chi connectivity index (χ1n) is 30.4. The first-order chi connectivity index (χ1) is 36.6. The van der Waals surface area contributed by atoms with Crippen LogP contribution in [0.15, 0.2) is 146 Å². The number of ether oxygens (including phenoxy) is 2. The SMILES string of the molecule is CC/C=C\C/C=C\C/C=C\C/C=C\C/C=C\C/C=C\C/C=C\C/C=C\CCCCCCCCCCCCCCC(=O)OC(CO)COC(=O)CCCCCCCCCCCC/C=C\C/C=C\C/C=C\C/C=C\CC. The molecule has 0 aliphatic heterocycles. The number of hydrogen-bond acceptors (Lipinski definition) is 5. The maximum atomic E-state index is 12.3. The van der Waals surface area contributed by atoms with E-state index >= 15 is 0 Å². The Labute approximate surface area is 457 Å². The highest BCUT2D eigenvalue weighted by Crippen LogP contribution is 2.15. The van der Waals surface area contributed by atoms with Gasteiger partial charge in [-0.2, -0.15) is 0 Å². The summed E-state index contributed by atoms with van der Waals surface area (Å²) < 4.78 is 10.7. The fraction of sp³-hybridized carbons (Fsp3) is 0.623. The Hall–Kier alpha value is -4.22. The molecular weight excluding hydrogens is 909 g/mol. The van der Waals surface area contributed by atoms with Crippen LogP contribution < -0.4 is 0 Å². The molecule has 0 rings (SSSR count). The zero-order chi connectivity index (χ0) is 53.4. The molecule has 0 heterocycles. The molecule has 0 spiro atoms. The van der Waals surface area contributed by atoms with Gasteiger partial charge < -0.3 is 14.6 Å². The Bertz CT molecular complexity index is 1580. The average molecular weight is 1020 g/mol. The summed E-state index contributed by atoms with van der Waals surface area (Å²) in [5.41, 5.74) is 0. The van der Waals surface area contributed by atoms with Crippen LogP contribution in [0, 0.1) is 0 Å². The number of rotatable bonds is 54. The smallest absolute Gasteiger partial charge is 0.306 e. The fourth-order valence-electron chi connectivity index (χ4n) is 8.15. The topological polar surface area (TPSA) is 72.8 Å². The van der Waals surface area contributed by atoms with E-state index in [0.717, 1.165) is 116 Å². The largest absolute Gasteiger partial charge is 0.462 e. The van der Waals surface area contributed by atoms with Crippen LogP contribution in [0.3, 0.4) is 0 Å². The molecule has 5 heteroatoms. The van der Waals surface area contributed by atoms with Gasteiger partial charge in [0.25, 0.3) is 0 Å². The zero-order valence-electron chi connectivity index (χ0n) is 47.8. The van der Waals surface area contributed by atoms with Gasteiger partial charge in [0.05, 0.1) is 6.61 Å². The first-order valence-corrected chi connectivity index (χ1v) is 30.4. The van der Waals surface area contributed by atoms with Crippen molar-refractivity contribution < 1.29 is 24.2 Å². The molecule has 0 bridgehead atoms. The van der Waals surface area contributed by atoms with Gasteiger partial charge in [-0.1, -0.05) is 275 Å². The van der Waals surface area contributed by atoms with Crippen LogP contribution in [0.5, 0.6) is 0 Å². The van der Waals surface area contributed by atoms with E-state index in [1.54, 1.807) is 0 Å². The number of carbonyl (C=O) groups excluding carboxylic acids is 2.